The topological polar surface area (TPSA) is 8.17 Å². The quantitative estimate of drug-likeness (QED) is 0.180. The molecular weight excluding hydrogens is 641 g/mol. The number of anilines is 2. The lowest BCUT2D eigenvalue weighted by Crippen LogP contribution is -2.29. The van der Waals surface area contributed by atoms with Crippen LogP contribution in [0.4, 0.5) is 11.4 Å². The van der Waals surface area contributed by atoms with E-state index in [4.69, 9.17) is 0 Å². The monoisotopic (exact) mass is 678 g/mol. The smallest absolute Gasteiger partial charge is 0.0630 e. The first-order valence-electron chi connectivity index (χ1n) is 18.8. The zero-order valence-electron chi connectivity index (χ0n) is 29.9. The molecule has 1 aliphatic heterocycles. The summed E-state index contributed by atoms with van der Waals surface area (Å²) < 4.78 is 2.41. The fourth-order valence-corrected chi connectivity index (χ4v) is 9.55. The summed E-state index contributed by atoms with van der Waals surface area (Å²) in [6.07, 6.45) is 7.31. The van der Waals surface area contributed by atoms with E-state index in [0.717, 1.165) is 0 Å². The highest BCUT2D eigenvalue weighted by molar-refractivity contribution is 6.10. The fourth-order valence-electron chi connectivity index (χ4n) is 9.55. The maximum atomic E-state index is 2.57. The first-order chi connectivity index (χ1) is 26.0. The molecule has 0 amide bonds. The summed E-state index contributed by atoms with van der Waals surface area (Å²) in [5, 5.41) is 2.55. The Morgan fingerprint density at radius 2 is 1.19 bits per heavy atom. The minimum atomic E-state index is -0.0383. The highest BCUT2D eigenvalue weighted by Gasteiger charge is 2.40. The van der Waals surface area contributed by atoms with E-state index in [-0.39, 0.29) is 17.4 Å². The van der Waals surface area contributed by atoms with E-state index >= 15 is 0 Å². The van der Waals surface area contributed by atoms with Crippen molar-refractivity contribution < 1.29 is 0 Å². The van der Waals surface area contributed by atoms with E-state index < -0.39 is 0 Å². The van der Waals surface area contributed by atoms with Crippen molar-refractivity contribution in [3.05, 3.63) is 204 Å². The van der Waals surface area contributed by atoms with Crippen molar-refractivity contribution in [2.45, 2.75) is 31.2 Å². The third-order valence-corrected chi connectivity index (χ3v) is 12.1. The predicted octanol–water partition coefficient (Wildman–Crippen LogP) is 13.0. The molecule has 0 N–H and O–H groups in total. The number of nitrogens with zero attached hydrogens (tertiary/aromatic N) is 2. The van der Waals surface area contributed by atoms with Gasteiger partial charge in [-0.3, -0.25) is 0 Å². The second kappa shape index (κ2) is 11.3. The number of allylic oxidation sites excluding steroid dienone is 2. The van der Waals surface area contributed by atoms with Crippen LogP contribution >= 0.6 is 0 Å². The molecule has 252 valence electrons. The zero-order chi connectivity index (χ0) is 35.3. The maximum absolute atomic E-state index is 2.57. The van der Waals surface area contributed by atoms with Crippen molar-refractivity contribution in [3.8, 4) is 27.9 Å². The van der Waals surface area contributed by atoms with E-state index in [0.29, 0.717) is 0 Å². The number of para-hydroxylation sites is 2. The van der Waals surface area contributed by atoms with E-state index in [9.17, 15) is 0 Å². The molecule has 2 heteroatoms. The van der Waals surface area contributed by atoms with Crippen LogP contribution in [0.15, 0.2) is 182 Å². The highest BCUT2D eigenvalue weighted by atomic mass is 15.2. The van der Waals surface area contributed by atoms with Crippen LogP contribution in [0.2, 0.25) is 0 Å². The molecular formula is C51H38N2. The van der Waals surface area contributed by atoms with Gasteiger partial charge in [0.25, 0.3) is 0 Å². The minimum absolute atomic E-state index is 0.0383. The summed E-state index contributed by atoms with van der Waals surface area (Å²) >= 11 is 0. The van der Waals surface area contributed by atoms with Gasteiger partial charge in [-0.2, -0.15) is 0 Å². The standard InChI is InChI=1S/C51H38N2/c1-51(2)45-17-9-6-14-39(45)40-27-26-38(32-46(40)51)53-48-19-11-8-16-42(48)44-31-36(23-29-50(44)53)35-22-28-49-43(30-35)41-15-7-10-18-47(41)52(49)37-24-20-34(21-25-37)33-12-4-3-5-13-33/h3-32,44,50H,1-2H3. The van der Waals surface area contributed by atoms with Crippen LogP contribution in [0.25, 0.3) is 55.3 Å². The molecule has 53 heavy (non-hydrogen) atoms. The third kappa shape index (κ3) is 4.45. The molecule has 0 saturated heterocycles. The molecule has 1 aromatic heterocycles. The summed E-state index contributed by atoms with van der Waals surface area (Å²) in [5.74, 6) is 0.254. The van der Waals surface area contributed by atoms with Crippen molar-refractivity contribution >= 4 is 38.8 Å². The Kier molecular flexibility index (Phi) is 6.46. The van der Waals surface area contributed by atoms with Crippen LogP contribution in [-0.2, 0) is 5.41 Å². The molecule has 2 aliphatic carbocycles. The summed E-state index contributed by atoms with van der Waals surface area (Å²) in [6, 6.07) is 60.7. The second-order valence-corrected chi connectivity index (χ2v) is 15.3. The number of benzene rings is 7. The average molecular weight is 679 g/mol. The minimum Gasteiger partial charge on any atom is -0.333 e. The lowest BCUT2D eigenvalue weighted by atomic mass is 9.82. The number of fused-ring (bicyclic) bond motifs is 9. The summed E-state index contributed by atoms with van der Waals surface area (Å²) in [5.41, 5.74) is 18.1. The lowest BCUT2D eigenvalue weighted by molar-refractivity contribution is 0.659. The van der Waals surface area contributed by atoms with Crippen molar-refractivity contribution in [2.75, 3.05) is 4.90 Å². The maximum Gasteiger partial charge on any atom is 0.0630 e. The van der Waals surface area contributed by atoms with Gasteiger partial charge < -0.3 is 9.47 Å². The Bertz CT molecular complexity index is 2810. The van der Waals surface area contributed by atoms with E-state index in [1.54, 1.807) is 0 Å². The Balaban J connectivity index is 0.974. The van der Waals surface area contributed by atoms with Crippen LogP contribution in [0.1, 0.15) is 42.0 Å². The normalized spacial score (nSPS) is 17.8. The Labute approximate surface area is 310 Å². The van der Waals surface area contributed by atoms with Gasteiger partial charge in [-0.1, -0.05) is 147 Å². The Morgan fingerprint density at radius 1 is 0.509 bits per heavy atom. The molecule has 0 saturated carbocycles. The van der Waals surface area contributed by atoms with Gasteiger partial charge >= 0.3 is 0 Å². The molecule has 8 aromatic rings. The Morgan fingerprint density at radius 3 is 2.08 bits per heavy atom. The summed E-state index contributed by atoms with van der Waals surface area (Å²) in [6.45, 7) is 4.74. The molecule has 0 radical (unpaired) electrons. The molecule has 0 spiro atoms. The molecule has 2 nitrogen and oxygen atoms in total. The van der Waals surface area contributed by atoms with Gasteiger partial charge in [0, 0.05) is 39.2 Å². The SMILES string of the molecule is CC1(C)c2ccccc2-c2ccc(N3c4ccccc4C4C=C(c5ccc6c(c5)c5ccccc5n6-c5ccc(-c6ccccc6)cc5)C=CC43)cc21. The molecule has 7 aromatic carbocycles. The largest absolute Gasteiger partial charge is 0.333 e. The van der Waals surface area contributed by atoms with Crippen LogP contribution in [-0.4, -0.2) is 10.6 Å². The zero-order valence-corrected chi connectivity index (χ0v) is 29.9. The highest BCUT2D eigenvalue weighted by Crippen LogP contribution is 2.53. The first-order valence-corrected chi connectivity index (χ1v) is 18.8. The molecule has 0 bridgehead atoms. The van der Waals surface area contributed by atoms with E-state index in [1.807, 2.05) is 0 Å². The van der Waals surface area contributed by atoms with Gasteiger partial charge in [0.2, 0.25) is 0 Å². The van der Waals surface area contributed by atoms with E-state index in [2.05, 4.69) is 205 Å². The molecule has 2 unspecified atom stereocenters. The lowest BCUT2D eigenvalue weighted by Gasteiger charge is -2.31. The fraction of sp³-hybridized carbons (Fsp3) is 0.0980. The molecule has 2 heterocycles. The van der Waals surface area contributed by atoms with Crippen LogP contribution < -0.4 is 4.90 Å². The van der Waals surface area contributed by atoms with Crippen molar-refractivity contribution in [1.82, 2.24) is 4.57 Å². The van der Waals surface area contributed by atoms with Crippen LogP contribution in [0.5, 0.6) is 0 Å². The van der Waals surface area contributed by atoms with Crippen molar-refractivity contribution in [2.24, 2.45) is 0 Å². The van der Waals surface area contributed by atoms with Gasteiger partial charge in [0.15, 0.2) is 0 Å². The second-order valence-electron chi connectivity index (χ2n) is 15.3. The van der Waals surface area contributed by atoms with Crippen LogP contribution in [0, 0.1) is 0 Å². The van der Waals surface area contributed by atoms with Crippen molar-refractivity contribution in [1.29, 1.82) is 0 Å². The Hall–Kier alpha value is -6.38. The summed E-state index contributed by atoms with van der Waals surface area (Å²) in [7, 11) is 0. The van der Waals surface area contributed by atoms with Gasteiger partial charge in [0.05, 0.1) is 17.1 Å². The van der Waals surface area contributed by atoms with Gasteiger partial charge in [-0.05, 0) is 98.6 Å². The number of aromatic nitrogens is 1. The number of hydrogen-bond donors (Lipinski definition) is 0. The van der Waals surface area contributed by atoms with E-state index in [1.165, 1.54) is 88.9 Å². The third-order valence-electron chi connectivity index (χ3n) is 12.1. The number of rotatable bonds is 4. The predicted molar refractivity (Wildman–Crippen MR) is 222 cm³/mol. The molecule has 2 atom stereocenters. The van der Waals surface area contributed by atoms with Crippen LogP contribution in [0.3, 0.4) is 0 Å². The number of hydrogen-bond acceptors (Lipinski definition) is 1. The molecule has 0 fully saturated rings. The van der Waals surface area contributed by atoms with Gasteiger partial charge in [0.1, 0.15) is 0 Å². The first kappa shape index (κ1) is 30.3. The molecule has 11 rings (SSSR count). The molecule has 3 aliphatic rings. The average Bonchev–Trinajstić information content (AvgIpc) is 3.81. The van der Waals surface area contributed by atoms with Gasteiger partial charge in [-0.25, -0.2) is 0 Å². The summed E-state index contributed by atoms with van der Waals surface area (Å²) in [4.78, 5) is 2.57. The van der Waals surface area contributed by atoms with Gasteiger partial charge in [-0.15, -0.1) is 0 Å². The van der Waals surface area contributed by atoms with Crippen molar-refractivity contribution in [3.63, 3.8) is 0 Å².